The lowest BCUT2D eigenvalue weighted by atomic mass is 10.1. The molecule has 0 heterocycles. The second-order valence-electron chi connectivity index (χ2n) is 3.73. The Balaban J connectivity index is 2.27. The van der Waals surface area contributed by atoms with Crippen molar-refractivity contribution in [1.82, 2.24) is 0 Å². The van der Waals surface area contributed by atoms with Crippen LogP contribution in [0.25, 0.3) is 6.08 Å². The topological polar surface area (TPSA) is 0 Å². The molecule has 18 heavy (non-hydrogen) atoms. The molecule has 0 aliphatic carbocycles. The molecule has 0 radical (unpaired) electrons. The lowest BCUT2D eigenvalue weighted by Crippen LogP contribution is -1.83. The summed E-state index contributed by atoms with van der Waals surface area (Å²) in [7, 11) is 0. The second kappa shape index (κ2) is 5.29. The van der Waals surface area contributed by atoms with E-state index < -0.39 is 11.6 Å². The minimum atomic E-state index is -0.624. The lowest BCUT2D eigenvalue weighted by molar-refractivity contribution is 0.582. The summed E-state index contributed by atoms with van der Waals surface area (Å²) in [6, 6.07) is 10.7. The van der Waals surface area contributed by atoms with Crippen LogP contribution in [0.2, 0.25) is 0 Å². The number of hydrogen-bond donors (Lipinski definition) is 0. The van der Waals surface area contributed by atoms with Gasteiger partial charge in [-0.25, -0.2) is 8.78 Å². The molecular formula is C16H10F2. The van der Waals surface area contributed by atoms with Gasteiger partial charge in [0.1, 0.15) is 11.6 Å². The largest absolute Gasteiger partial charge is 0.207 e. The number of benzene rings is 2. The van der Waals surface area contributed by atoms with E-state index in [1.165, 1.54) is 12.1 Å². The van der Waals surface area contributed by atoms with Gasteiger partial charge in [0.25, 0.3) is 0 Å². The molecule has 0 spiro atoms. The van der Waals surface area contributed by atoms with Gasteiger partial charge in [-0.2, -0.15) is 0 Å². The van der Waals surface area contributed by atoms with Crippen LogP contribution < -0.4 is 0 Å². The predicted molar refractivity (Wildman–Crippen MR) is 68.9 cm³/mol. The van der Waals surface area contributed by atoms with Crippen molar-refractivity contribution in [3.05, 3.63) is 77.4 Å². The summed E-state index contributed by atoms with van der Waals surface area (Å²) in [6.07, 6.45) is 1.74. The Bertz CT molecular complexity index is 608. The molecule has 2 aromatic rings. The van der Waals surface area contributed by atoms with E-state index in [1.54, 1.807) is 6.08 Å². The van der Waals surface area contributed by atoms with Crippen molar-refractivity contribution in [3.63, 3.8) is 0 Å². The van der Waals surface area contributed by atoms with E-state index in [1.807, 2.05) is 24.3 Å². The standard InChI is InChI=1S/C16H10F2/c1-2-12-3-5-13(6-4-12)7-8-14-9-15(17)11-16(18)10-14/h2-6,9-11H,1H2. The smallest absolute Gasteiger partial charge is 0.127 e. The van der Waals surface area contributed by atoms with Gasteiger partial charge in [0.05, 0.1) is 0 Å². The van der Waals surface area contributed by atoms with Crippen LogP contribution in [0, 0.1) is 23.5 Å². The van der Waals surface area contributed by atoms with Crippen molar-refractivity contribution < 1.29 is 8.78 Å². The van der Waals surface area contributed by atoms with Gasteiger partial charge in [-0.15, -0.1) is 0 Å². The van der Waals surface area contributed by atoms with E-state index in [0.29, 0.717) is 5.56 Å². The zero-order valence-electron chi connectivity index (χ0n) is 9.58. The minimum Gasteiger partial charge on any atom is -0.207 e. The number of rotatable bonds is 1. The molecule has 0 saturated heterocycles. The van der Waals surface area contributed by atoms with Crippen LogP contribution in [0.4, 0.5) is 8.78 Å². The molecule has 2 aromatic carbocycles. The summed E-state index contributed by atoms with van der Waals surface area (Å²) in [5.74, 6) is 4.33. The molecule has 0 atom stereocenters. The van der Waals surface area contributed by atoms with Crippen LogP contribution in [0.5, 0.6) is 0 Å². The Kier molecular flexibility index (Phi) is 3.54. The summed E-state index contributed by atoms with van der Waals surface area (Å²) < 4.78 is 25.9. The maximum atomic E-state index is 12.9. The highest BCUT2D eigenvalue weighted by atomic mass is 19.1. The van der Waals surface area contributed by atoms with E-state index >= 15 is 0 Å². The lowest BCUT2D eigenvalue weighted by Gasteiger charge is -1.94. The van der Waals surface area contributed by atoms with Gasteiger partial charge in [-0.3, -0.25) is 0 Å². The van der Waals surface area contributed by atoms with Crippen molar-refractivity contribution in [3.8, 4) is 11.8 Å². The zero-order chi connectivity index (χ0) is 13.0. The van der Waals surface area contributed by atoms with E-state index in [0.717, 1.165) is 17.2 Å². The van der Waals surface area contributed by atoms with E-state index in [2.05, 4.69) is 18.4 Å². The van der Waals surface area contributed by atoms with Crippen LogP contribution in [-0.4, -0.2) is 0 Å². The molecule has 2 rings (SSSR count). The van der Waals surface area contributed by atoms with Gasteiger partial charge >= 0.3 is 0 Å². The van der Waals surface area contributed by atoms with E-state index in [-0.39, 0.29) is 0 Å². The summed E-state index contributed by atoms with van der Waals surface area (Å²) in [5, 5.41) is 0. The Morgan fingerprint density at radius 3 is 1.94 bits per heavy atom. The highest BCUT2D eigenvalue weighted by molar-refractivity contribution is 5.50. The molecule has 0 saturated carbocycles. The van der Waals surface area contributed by atoms with Gasteiger partial charge in [-0.05, 0) is 29.8 Å². The molecule has 0 aliphatic rings. The van der Waals surface area contributed by atoms with Gasteiger partial charge in [0.15, 0.2) is 0 Å². The van der Waals surface area contributed by atoms with Crippen molar-refractivity contribution in [2.45, 2.75) is 0 Å². The van der Waals surface area contributed by atoms with Gasteiger partial charge in [0, 0.05) is 17.2 Å². The van der Waals surface area contributed by atoms with Crippen LogP contribution in [0.15, 0.2) is 49.0 Å². The van der Waals surface area contributed by atoms with Crippen LogP contribution in [0.3, 0.4) is 0 Å². The average molecular weight is 240 g/mol. The summed E-state index contributed by atoms with van der Waals surface area (Å²) in [4.78, 5) is 0. The minimum absolute atomic E-state index is 0.320. The predicted octanol–water partition coefficient (Wildman–Crippen LogP) is 4.01. The molecule has 0 nitrogen and oxygen atoms in total. The summed E-state index contributed by atoms with van der Waals surface area (Å²) in [6.45, 7) is 3.65. The Hall–Kier alpha value is -2.40. The van der Waals surface area contributed by atoms with Crippen molar-refractivity contribution in [2.75, 3.05) is 0 Å². The van der Waals surface area contributed by atoms with Crippen molar-refractivity contribution in [2.24, 2.45) is 0 Å². The van der Waals surface area contributed by atoms with Crippen LogP contribution in [0.1, 0.15) is 16.7 Å². The third-order valence-corrected chi connectivity index (χ3v) is 2.36. The molecule has 2 heteroatoms. The SMILES string of the molecule is C=Cc1ccc(C#Cc2cc(F)cc(F)c2)cc1. The highest BCUT2D eigenvalue weighted by Crippen LogP contribution is 2.08. The summed E-state index contributed by atoms with van der Waals surface area (Å²) >= 11 is 0. The van der Waals surface area contributed by atoms with Crippen LogP contribution in [-0.2, 0) is 0 Å². The first-order valence-electron chi connectivity index (χ1n) is 5.38. The Morgan fingerprint density at radius 2 is 1.39 bits per heavy atom. The molecule has 0 N–H and O–H groups in total. The normalized spacial score (nSPS) is 9.44. The van der Waals surface area contributed by atoms with Crippen LogP contribution >= 0.6 is 0 Å². The average Bonchev–Trinajstić information content (AvgIpc) is 2.36. The maximum Gasteiger partial charge on any atom is 0.127 e. The first-order valence-corrected chi connectivity index (χ1v) is 5.38. The third kappa shape index (κ3) is 3.05. The fourth-order valence-electron chi connectivity index (χ4n) is 1.47. The fourth-order valence-corrected chi connectivity index (χ4v) is 1.47. The Labute approximate surface area is 105 Å². The summed E-state index contributed by atoms with van der Waals surface area (Å²) in [5.41, 5.74) is 2.10. The first-order chi connectivity index (χ1) is 8.67. The molecular weight excluding hydrogens is 230 g/mol. The van der Waals surface area contributed by atoms with E-state index in [4.69, 9.17) is 0 Å². The van der Waals surface area contributed by atoms with Gasteiger partial charge in [-0.1, -0.05) is 36.6 Å². The monoisotopic (exact) mass is 240 g/mol. The quantitative estimate of drug-likeness (QED) is 0.661. The number of hydrogen-bond acceptors (Lipinski definition) is 0. The second-order valence-corrected chi connectivity index (χ2v) is 3.73. The third-order valence-electron chi connectivity index (χ3n) is 2.36. The molecule has 0 unspecified atom stereocenters. The molecule has 0 aliphatic heterocycles. The Morgan fingerprint density at radius 1 is 0.833 bits per heavy atom. The van der Waals surface area contributed by atoms with Gasteiger partial charge < -0.3 is 0 Å². The van der Waals surface area contributed by atoms with Crippen molar-refractivity contribution in [1.29, 1.82) is 0 Å². The maximum absolute atomic E-state index is 12.9. The number of halogens is 2. The first kappa shape index (κ1) is 12.1. The molecule has 0 amide bonds. The molecule has 88 valence electrons. The van der Waals surface area contributed by atoms with Gasteiger partial charge in [0.2, 0.25) is 0 Å². The molecule has 0 aromatic heterocycles. The molecule has 0 bridgehead atoms. The highest BCUT2D eigenvalue weighted by Gasteiger charge is 1.97. The van der Waals surface area contributed by atoms with Crippen molar-refractivity contribution >= 4 is 6.08 Å². The fraction of sp³-hybridized carbons (Fsp3) is 0. The molecule has 0 fully saturated rings. The van der Waals surface area contributed by atoms with E-state index in [9.17, 15) is 8.78 Å². The zero-order valence-corrected chi connectivity index (χ0v) is 9.58.